The lowest BCUT2D eigenvalue weighted by Gasteiger charge is -2.11. The molecule has 17 heavy (non-hydrogen) atoms. The first-order valence-electron chi connectivity index (χ1n) is 5.85. The molecule has 86 valence electrons. The van der Waals surface area contributed by atoms with E-state index in [0.717, 1.165) is 18.5 Å². The van der Waals surface area contributed by atoms with E-state index in [1.54, 1.807) is 0 Å². The minimum atomic E-state index is 0.199. The third kappa shape index (κ3) is 2.13. The summed E-state index contributed by atoms with van der Waals surface area (Å²) in [6.07, 6.45) is 2.13. The summed E-state index contributed by atoms with van der Waals surface area (Å²) in [5.74, 6) is 0.619. The molecule has 1 aliphatic carbocycles. The van der Waals surface area contributed by atoms with Gasteiger partial charge < -0.3 is 4.74 Å². The van der Waals surface area contributed by atoms with Gasteiger partial charge in [-0.25, -0.2) is 0 Å². The van der Waals surface area contributed by atoms with Crippen molar-refractivity contribution in [3.05, 3.63) is 53.2 Å². The van der Waals surface area contributed by atoms with E-state index >= 15 is 0 Å². The van der Waals surface area contributed by atoms with Crippen LogP contribution in [0.15, 0.2) is 36.4 Å². The Hall–Kier alpha value is -1.90. The van der Waals surface area contributed by atoms with Gasteiger partial charge in [-0.3, -0.25) is 0 Å². The highest BCUT2D eigenvalue weighted by Crippen LogP contribution is 2.24. The first-order chi connectivity index (χ1) is 8.31. The van der Waals surface area contributed by atoms with Crippen molar-refractivity contribution in [2.45, 2.75) is 25.9 Å². The molecule has 0 amide bonds. The Morgan fingerprint density at radius 2 is 1.71 bits per heavy atom. The van der Waals surface area contributed by atoms with Crippen molar-refractivity contribution in [3.63, 3.8) is 0 Å². The molecule has 3 rings (SSSR count). The maximum atomic E-state index is 5.84. The molecule has 3 nitrogen and oxygen atoms in total. The minimum Gasteiger partial charge on any atom is -0.473 e. The molecule has 0 N–H and O–H groups in total. The summed E-state index contributed by atoms with van der Waals surface area (Å²) in [6, 6.07) is 12.3. The molecule has 3 heteroatoms. The van der Waals surface area contributed by atoms with E-state index in [4.69, 9.17) is 4.74 Å². The van der Waals surface area contributed by atoms with Crippen LogP contribution >= 0.6 is 0 Å². The third-order valence-electron chi connectivity index (χ3n) is 3.07. The summed E-state index contributed by atoms with van der Waals surface area (Å²) in [5, 5.41) is 8.03. The van der Waals surface area contributed by atoms with E-state index in [0.29, 0.717) is 5.88 Å². The van der Waals surface area contributed by atoms with Gasteiger partial charge in [0.05, 0.1) is 5.69 Å². The summed E-state index contributed by atoms with van der Waals surface area (Å²) in [7, 11) is 0. The van der Waals surface area contributed by atoms with Crippen LogP contribution in [0.25, 0.3) is 0 Å². The van der Waals surface area contributed by atoms with Crippen molar-refractivity contribution in [3.8, 4) is 5.88 Å². The van der Waals surface area contributed by atoms with Crippen molar-refractivity contribution >= 4 is 0 Å². The number of rotatable bonds is 2. The molecule has 1 aromatic heterocycles. The summed E-state index contributed by atoms with van der Waals surface area (Å²) in [5.41, 5.74) is 3.68. The highest BCUT2D eigenvalue weighted by atomic mass is 16.5. The fourth-order valence-electron chi connectivity index (χ4n) is 2.22. The van der Waals surface area contributed by atoms with Gasteiger partial charge >= 0.3 is 0 Å². The molecule has 1 aromatic carbocycles. The molecule has 0 aliphatic heterocycles. The van der Waals surface area contributed by atoms with Crippen molar-refractivity contribution < 1.29 is 4.74 Å². The molecule has 2 aromatic rings. The van der Waals surface area contributed by atoms with Gasteiger partial charge in [0.2, 0.25) is 5.88 Å². The molecule has 0 fully saturated rings. The van der Waals surface area contributed by atoms with E-state index in [-0.39, 0.29) is 6.10 Å². The zero-order valence-corrected chi connectivity index (χ0v) is 9.76. The van der Waals surface area contributed by atoms with Crippen molar-refractivity contribution in [2.24, 2.45) is 0 Å². The molecule has 0 radical (unpaired) electrons. The minimum absolute atomic E-state index is 0.199. The number of aromatic nitrogens is 2. The Kier molecular flexibility index (Phi) is 2.52. The van der Waals surface area contributed by atoms with E-state index in [1.807, 2.05) is 19.1 Å². The summed E-state index contributed by atoms with van der Waals surface area (Å²) < 4.78 is 5.84. The zero-order valence-electron chi connectivity index (χ0n) is 9.76. The first-order valence-corrected chi connectivity index (χ1v) is 5.85. The average Bonchev–Trinajstić information content (AvgIpc) is 2.74. The van der Waals surface area contributed by atoms with Crippen LogP contribution in [0.1, 0.15) is 16.8 Å². The molecule has 0 bridgehead atoms. The van der Waals surface area contributed by atoms with Crippen LogP contribution in [-0.4, -0.2) is 16.3 Å². The van der Waals surface area contributed by atoms with E-state index in [9.17, 15) is 0 Å². The maximum Gasteiger partial charge on any atom is 0.233 e. The van der Waals surface area contributed by atoms with Crippen molar-refractivity contribution in [1.29, 1.82) is 0 Å². The Bertz CT molecular complexity index is 497. The number of fused-ring (bicyclic) bond motifs is 1. The second-order valence-electron chi connectivity index (χ2n) is 4.43. The Morgan fingerprint density at radius 3 is 2.29 bits per heavy atom. The Morgan fingerprint density at radius 1 is 1.00 bits per heavy atom. The highest BCUT2D eigenvalue weighted by molar-refractivity contribution is 5.33. The number of nitrogens with zero attached hydrogens (tertiary/aromatic N) is 2. The monoisotopic (exact) mass is 226 g/mol. The van der Waals surface area contributed by atoms with Crippen LogP contribution in [0.5, 0.6) is 5.88 Å². The molecule has 1 aliphatic rings. The molecular weight excluding hydrogens is 212 g/mol. The van der Waals surface area contributed by atoms with Crippen LogP contribution in [0.2, 0.25) is 0 Å². The molecule has 0 saturated carbocycles. The molecule has 1 heterocycles. The number of ether oxygens (including phenoxy) is 1. The number of aryl methyl sites for hydroxylation is 1. The maximum absolute atomic E-state index is 5.84. The lowest BCUT2D eigenvalue weighted by molar-refractivity contribution is 0.202. The lowest BCUT2D eigenvalue weighted by Crippen LogP contribution is -2.17. The fourth-order valence-corrected chi connectivity index (χ4v) is 2.22. The fraction of sp³-hybridized carbons (Fsp3) is 0.286. The van der Waals surface area contributed by atoms with Gasteiger partial charge in [-0.1, -0.05) is 24.3 Å². The SMILES string of the molecule is Cc1ccc(OC2Cc3ccccc3C2)nn1. The van der Waals surface area contributed by atoms with E-state index in [1.165, 1.54) is 11.1 Å². The van der Waals surface area contributed by atoms with Gasteiger partial charge in [-0.05, 0) is 24.1 Å². The zero-order chi connectivity index (χ0) is 11.7. The average molecular weight is 226 g/mol. The predicted octanol–water partition coefficient (Wildman–Crippen LogP) is 2.33. The largest absolute Gasteiger partial charge is 0.473 e. The van der Waals surface area contributed by atoms with Gasteiger partial charge in [0.15, 0.2) is 0 Å². The van der Waals surface area contributed by atoms with Gasteiger partial charge in [0.1, 0.15) is 6.10 Å². The second kappa shape index (κ2) is 4.17. The molecule has 0 saturated heterocycles. The Labute approximate surface area is 100 Å². The standard InChI is InChI=1S/C14H14N2O/c1-10-6-7-14(16-15-10)17-13-8-11-4-2-3-5-12(11)9-13/h2-7,13H,8-9H2,1H3. The molecule has 0 spiro atoms. The van der Waals surface area contributed by atoms with Crippen LogP contribution in [0, 0.1) is 6.92 Å². The smallest absolute Gasteiger partial charge is 0.233 e. The molecule has 0 atom stereocenters. The third-order valence-corrected chi connectivity index (χ3v) is 3.07. The number of hydrogen-bond donors (Lipinski definition) is 0. The predicted molar refractivity (Wildman–Crippen MR) is 65.0 cm³/mol. The first kappa shape index (κ1) is 10.3. The summed E-state index contributed by atoms with van der Waals surface area (Å²) in [6.45, 7) is 1.92. The molecule has 0 unspecified atom stereocenters. The van der Waals surface area contributed by atoms with Crippen LogP contribution in [-0.2, 0) is 12.8 Å². The van der Waals surface area contributed by atoms with Gasteiger partial charge in [0, 0.05) is 18.9 Å². The van der Waals surface area contributed by atoms with Gasteiger partial charge in [0.25, 0.3) is 0 Å². The van der Waals surface area contributed by atoms with E-state index in [2.05, 4.69) is 34.5 Å². The van der Waals surface area contributed by atoms with Crippen LogP contribution in [0.4, 0.5) is 0 Å². The summed E-state index contributed by atoms with van der Waals surface area (Å²) in [4.78, 5) is 0. The normalized spacial score (nSPS) is 14.6. The second-order valence-corrected chi connectivity index (χ2v) is 4.43. The number of benzene rings is 1. The van der Waals surface area contributed by atoms with E-state index < -0.39 is 0 Å². The lowest BCUT2D eigenvalue weighted by atomic mass is 10.1. The topological polar surface area (TPSA) is 35.0 Å². The number of hydrogen-bond acceptors (Lipinski definition) is 3. The van der Waals surface area contributed by atoms with Crippen LogP contribution in [0.3, 0.4) is 0 Å². The van der Waals surface area contributed by atoms with Crippen LogP contribution < -0.4 is 4.74 Å². The summed E-state index contributed by atoms with van der Waals surface area (Å²) >= 11 is 0. The quantitative estimate of drug-likeness (QED) is 0.788. The van der Waals surface area contributed by atoms with Crippen molar-refractivity contribution in [1.82, 2.24) is 10.2 Å². The van der Waals surface area contributed by atoms with Gasteiger partial charge in [-0.15, -0.1) is 5.10 Å². The highest BCUT2D eigenvalue weighted by Gasteiger charge is 2.22. The van der Waals surface area contributed by atoms with Gasteiger partial charge in [-0.2, -0.15) is 5.10 Å². The molecular formula is C14H14N2O. The van der Waals surface area contributed by atoms with Crippen molar-refractivity contribution in [2.75, 3.05) is 0 Å². The Balaban J connectivity index is 1.71.